The lowest BCUT2D eigenvalue weighted by Crippen LogP contribution is -2.42. The molecule has 3 aromatic rings. The zero-order valence-corrected chi connectivity index (χ0v) is 18.3. The van der Waals surface area contributed by atoms with E-state index >= 15 is 0 Å². The van der Waals surface area contributed by atoms with E-state index in [1.807, 2.05) is 6.07 Å². The molecule has 2 aliphatic rings. The molecular formula is C23H24F4N4O2. The minimum absolute atomic E-state index is 0.0811. The summed E-state index contributed by atoms with van der Waals surface area (Å²) in [5, 5.41) is 3.85. The maximum absolute atomic E-state index is 14.7. The first-order chi connectivity index (χ1) is 15.7. The summed E-state index contributed by atoms with van der Waals surface area (Å²) in [4.78, 5) is 9.13. The minimum atomic E-state index is -4.77. The predicted octanol–water partition coefficient (Wildman–Crippen LogP) is 5.11. The summed E-state index contributed by atoms with van der Waals surface area (Å²) in [5.41, 5.74) is -0.0990. The second kappa shape index (κ2) is 7.95. The molecule has 6 nitrogen and oxygen atoms in total. The Hall–Kier alpha value is -2.72. The molecular weight excluding hydrogens is 440 g/mol. The molecule has 2 aliphatic heterocycles. The highest BCUT2D eigenvalue weighted by Crippen LogP contribution is 2.42. The summed E-state index contributed by atoms with van der Waals surface area (Å²) in [6.07, 6.45) is -3.31. The number of nitrogens with zero attached hydrogens (tertiary/aromatic N) is 3. The van der Waals surface area contributed by atoms with Crippen LogP contribution < -0.4 is 5.32 Å². The summed E-state index contributed by atoms with van der Waals surface area (Å²) in [6.45, 7) is 5.75. The molecule has 0 unspecified atom stereocenters. The van der Waals surface area contributed by atoms with Crippen LogP contribution in [0.3, 0.4) is 0 Å². The molecule has 1 aromatic carbocycles. The zero-order valence-electron chi connectivity index (χ0n) is 18.3. The second-order valence-corrected chi connectivity index (χ2v) is 8.57. The van der Waals surface area contributed by atoms with Crippen LogP contribution in [0.4, 0.5) is 23.4 Å². The number of halogens is 4. The van der Waals surface area contributed by atoms with Gasteiger partial charge in [-0.2, -0.15) is 13.2 Å². The molecule has 1 atom stereocenters. The molecule has 0 aliphatic carbocycles. The predicted molar refractivity (Wildman–Crippen MR) is 113 cm³/mol. The van der Waals surface area contributed by atoms with Gasteiger partial charge in [0.1, 0.15) is 28.7 Å². The molecule has 0 amide bonds. The molecule has 0 bridgehead atoms. The Morgan fingerprint density at radius 2 is 1.91 bits per heavy atom. The van der Waals surface area contributed by atoms with E-state index in [0.29, 0.717) is 38.0 Å². The molecule has 33 heavy (non-hydrogen) atoms. The fraction of sp³-hybridized carbons (Fsp3) is 0.478. The van der Waals surface area contributed by atoms with Gasteiger partial charge in [-0.25, -0.2) is 14.4 Å². The van der Waals surface area contributed by atoms with Crippen LogP contribution in [0.15, 0.2) is 24.3 Å². The lowest BCUT2D eigenvalue weighted by molar-refractivity contribution is -0.140. The Bertz CT molecular complexity index is 1200. The Morgan fingerprint density at radius 3 is 2.64 bits per heavy atom. The summed E-state index contributed by atoms with van der Waals surface area (Å²) >= 11 is 0. The highest BCUT2D eigenvalue weighted by Gasteiger charge is 2.41. The van der Waals surface area contributed by atoms with Gasteiger partial charge in [0.15, 0.2) is 0 Å². The number of alkyl halides is 3. The smallest absolute Gasteiger partial charge is 0.381 e. The molecule has 1 fully saturated rings. The standard InChI is InChI=1S/C23H24F4N4O2/c1-13(15-4-3-5-17(19(15)24)23(25,26)27)28-20-16-12-18-22(6-9-32-10-7-22)33-11-8-31(18)21(16)30-14(2)29-20/h3-5,12-13H,6-11H2,1-2H3,(H,28,29,30)/t13-/m1/s1. The van der Waals surface area contributed by atoms with Gasteiger partial charge < -0.3 is 19.4 Å². The summed E-state index contributed by atoms with van der Waals surface area (Å²) in [5.74, 6) is -0.321. The van der Waals surface area contributed by atoms with Crippen molar-refractivity contribution in [1.82, 2.24) is 14.5 Å². The van der Waals surface area contributed by atoms with E-state index < -0.39 is 29.2 Å². The van der Waals surface area contributed by atoms with Crippen LogP contribution in [0.5, 0.6) is 0 Å². The first kappa shape index (κ1) is 22.1. The molecule has 0 radical (unpaired) electrons. The third-order valence-corrected chi connectivity index (χ3v) is 6.48. The van der Waals surface area contributed by atoms with E-state index in [1.165, 1.54) is 12.1 Å². The van der Waals surface area contributed by atoms with Crippen molar-refractivity contribution in [3.8, 4) is 0 Å². The van der Waals surface area contributed by atoms with Gasteiger partial charge in [0, 0.05) is 38.2 Å². The van der Waals surface area contributed by atoms with Crippen LogP contribution in [0.25, 0.3) is 11.0 Å². The minimum Gasteiger partial charge on any atom is -0.381 e. The first-order valence-electron chi connectivity index (χ1n) is 10.9. The maximum Gasteiger partial charge on any atom is 0.419 e. The Labute approximate surface area is 187 Å². The van der Waals surface area contributed by atoms with Gasteiger partial charge in [-0.3, -0.25) is 0 Å². The largest absolute Gasteiger partial charge is 0.419 e. The Balaban J connectivity index is 1.56. The third-order valence-electron chi connectivity index (χ3n) is 6.48. The molecule has 176 valence electrons. The summed E-state index contributed by atoms with van der Waals surface area (Å²) in [7, 11) is 0. The molecule has 1 saturated heterocycles. The number of rotatable bonds is 3. The normalized spacial score (nSPS) is 19.0. The average Bonchev–Trinajstić information content (AvgIpc) is 3.14. The van der Waals surface area contributed by atoms with Crippen LogP contribution in [-0.4, -0.2) is 34.4 Å². The Kier molecular flexibility index (Phi) is 5.32. The van der Waals surface area contributed by atoms with Crippen molar-refractivity contribution in [3.63, 3.8) is 0 Å². The first-order valence-corrected chi connectivity index (χ1v) is 10.9. The molecule has 4 heterocycles. The van der Waals surface area contributed by atoms with Crippen LogP contribution in [0, 0.1) is 12.7 Å². The second-order valence-electron chi connectivity index (χ2n) is 8.57. The van der Waals surface area contributed by atoms with Crippen molar-refractivity contribution >= 4 is 16.9 Å². The van der Waals surface area contributed by atoms with E-state index in [9.17, 15) is 17.6 Å². The maximum atomic E-state index is 14.7. The number of hydrogen-bond acceptors (Lipinski definition) is 5. The fourth-order valence-corrected chi connectivity index (χ4v) is 4.84. The number of benzene rings is 1. The van der Waals surface area contributed by atoms with Crippen molar-refractivity contribution in [2.24, 2.45) is 0 Å². The lowest BCUT2D eigenvalue weighted by atomic mass is 9.89. The van der Waals surface area contributed by atoms with E-state index in [4.69, 9.17) is 9.47 Å². The SMILES string of the molecule is Cc1nc(N[C@H](C)c2cccc(C(F)(F)F)c2F)c2cc3n(c2n1)CCOC31CCOCC1. The van der Waals surface area contributed by atoms with E-state index in [-0.39, 0.29) is 5.56 Å². The van der Waals surface area contributed by atoms with Gasteiger partial charge in [0.2, 0.25) is 0 Å². The Morgan fingerprint density at radius 1 is 1.15 bits per heavy atom. The number of anilines is 1. The van der Waals surface area contributed by atoms with Crippen molar-refractivity contribution in [3.05, 3.63) is 52.7 Å². The van der Waals surface area contributed by atoms with Crippen LogP contribution in [-0.2, 0) is 27.8 Å². The molecule has 2 aromatic heterocycles. The van der Waals surface area contributed by atoms with Crippen LogP contribution in [0.1, 0.15) is 48.5 Å². The number of fused-ring (bicyclic) bond motifs is 4. The van der Waals surface area contributed by atoms with Gasteiger partial charge in [-0.05, 0) is 26.0 Å². The third kappa shape index (κ3) is 3.74. The number of aryl methyl sites for hydroxylation is 1. The quantitative estimate of drug-likeness (QED) is 0.546. The summed E-state index contributed by atoms with van der Waals surface area (Å²) in [6, 6.07) is 4.53. The van der Waals surface area contributed by atoms with Crippen molar-refractivity contribution in [2.45, 2.75) is 51.1 Å². The lowest BCUT2D eigenvalue weighted by Gasteiger charge is -2.41. The van der Waals surface area contributed by atoms with Crippen molar-refractivity contribution in [2.75, 3.05) is 25.1 Å². The van der Waals surface area contributed by atoms with Crippen molar-refractivity contribution < 1.29 is 27.0 Å². The zero-order chi connectivity index (χ0) is 23.4. The number of aromatic nitrogens is 3. The van der Waals surface area contributed by atoms with Gasteiger partial charge in [-0.1, -0.05) is 12.1 Å². The number of ether oxygens (including phenoxy) is 2. The van der Waals surface area contributed by atoms with Gasteiger partial charge in [0.05, 0.1) is 29.3 Å². The molecule has 10 heteroatoms. The molecule has 1 spiro atoms. The van der Waals surface area contributed by atoms with Gasteiger partial charge in [-0.15, -0.1) is 0 Å². The molecule has 0 saturated carbocycles. The molecule has 5 rings (SSSR count). The van der Waals surface area contributed by atoms with Gasteiger partial charge in [0.25, 0.3) is 0 Å². The topological polar surface area (TPSA) is 61.2 Å². The van der Waals surface area contributed by atoms with E-state index in [2.05, 4.69) is 19.9 Å². The average molecular weight is 464 g/mol. The number of nitrogens with one attached hydrogen (secondary N) is 1. The van der Waals surface area contributed by atoms with E-state index in [0.717, 1.165) is 35.6 Å². The highest BCUT2D eigenvalue weighted by atomic mass is 19.4. The number of hydrogen-bond donors (Lipinski definition) is 1. The van der Waals surface area contributed by atoms with Crippen molar-refractivity contribution in [1.29, 1.82) is 0 Å². The van der Waals surface area contributed by atoms with E-state index in [1.54, 1.807) is 13.8 Å². The van der Waals surface area contributed by atoms with Crippen LogP contribution >= 0.6 is 0 Å². The monoisotopic (exact) mass is 464 g/mol. The fourth-order valence-electron chi connectivity index (χ4n) is 4.84. The summed E-state index contributed by atoms with van der Waals surface area (Å²) < 4.78 is 68.1. The highest BCUT2D eigenvalue weighted by molar-refractivity contribution is 5.89. The van der Waals surface area contributed by atoms with Crippen LogP contribution in [0.2, 0.25) is 0 Å². The molecule has 1 N–H and O–H groups in total. The van der Waals surface area contributed by atoms with Gasteiger partial charge >= 0.3 is 6.18 Å².